The summed E-state index contributed by atoms with van der Waals surface area (Å²) < 4.78 is 9.18. The molecule has 1 N–H and O–H groups in total. The molecule has 1 atom stereocenters. The normalized spacial score (nSPS) is 15.2. The standard InChI is InChI=1S/C33H38ClN7O2S/c1-20-19-44-32-27(15-21(2)38-31(20)32)26-16-23(34)7-10-30(26)43-14-13-41-22(3)39-29-9-8-25(17-28(29)33(41)42)40(6)18-24(35-4)11-12-37-36-5/h7,10-12,15-16,19,25,36H,4,8-9,13-14,17-18H2,1-3,5-6H3/b24-11-,37-12-. The van der Waals surface area contributed by atoms with Crippen LogP contribution in [-0.2, 0) is 19.4 Å². The number of hydrogen-bond donors (Lipinski definition) is 1. The molecular formula is C33H38ClN7O2S. The van der Waals surface area contributed by atoms with Crippen LogP contribution in [0.2, 0.25) is 5.02 Å². The van der Waals surface area contributed by atoms with Crippen LogP contribution in [0.4, 0.5) is 0 Å². The molecule has 4 aromatic rings. The number of ether oxygens (including phenoxy) is 1. The molecule has 230 valence electrons. The summed E-state index contributed by atoms with van der Waals surface area (Å²) in [6, 6.07) is 7.92. The Hall–Kier alpha value is -3.86. The summed E-state index contributed by atoms with van der Waals surface area (Å²) in [6.45, 7) is 11.0. The number of aliphatic imine (C=N–C) groups is 1. The summed E-state index contributed by atoms with van der Waals surface area (Å²) in [5.74, 6) is 1.41. The van der Waals surface area contributed by atoms with E-state index in [1.807, 2.05) is 38.1 Å². The quantitative estimate of drug-likeness (QED) is 0.167. The smallest absolute Gasteiger partial charge is 0.257 e. The maximum Gasteiger partial charge on any atom is 0.257 e. The number of thiophene rings is 1. The van der Waals surface area contributed by atoms with E-state index >= 15 is 0 Å². The Morgan fingerprint density at radius 2 is 2.09 bits per heavy atom. The summed E-state index contributed by atoms with van der Waals surface area (Å²) >= 11 is 8.12. The van der Waals surface area contributed by atoms with Gasteiger partial charge in [0.2, 0.25) is 0 Å². The number of aromatic nitrogens is 3. The number of hydrogen-bond acceptors (Lipinski definition) is 9. The van der Waals surface area contributed by atoms with E-state index in [4.69, 9.17) is 26.3 Å². The van der Waals surface area contributed by atoms with Gasteiger partial charge in [-0.15, -0.1) is 11.3 Å². The zero-order valence-electron chi connectivity index (χ0n) is 25.9. The van der Waals surface area contributed by atoms with Gasteiger partial charge in [0, 0.05) is 53.3 Å². The number of benzene rings is 1. The second-order valence-corrected chi connectivity index (χ2v) is 12.4. The molecule has 0 fully saturated rings. The molecule has 1 unspecified atom stereocenters. The first-order chi connectivity index (χ1) is 21.2. The van der Waals surface area contributed by atoms with Crippen LogP contribution in [0.15, 0.2) is 56.3 Å². The average molecular weight is 632 g/mol. The maximum atomic E-state index is 13.8. The van der Waals surface area contributed by atoms with E-state index in [0.29, 0.717) is 42.7 Å². The Balaban J connectivity index is 1.34. The number of allylic oxidation sites excluding steroid dienone is 1. The van der Waals surface area contributed by atoms with E-state index in [-0.39, 0.29) is 11.6 Å². The molecule has 0 aliphatic heterocycles. The minimum absolute atomic E-state index is 0.00446. The predicted molar refractivity (Wildman–Crippen MR) is 182 cm³/mol. The second-order valence-electron chi connectivity index (χ2n) is 11.1. The maximum absolute atomic E-state index is 13.8. The lowest BCUT2D eigenvalue weighted by molar-refractivity contribution is 0.235. The van der Waals surface area contributed by atoms with E-state index in [1.54, 1.807) is 29.2 Å². The van der Waals surface area contributed by atoms with Crippen molar-refractivity contribution < 1.29 is 4.74 Å². The molecule has 0 bridgehead atoms. The van der Waals surface area contributed by atoms with Crippen LogP contribution >= 0.6 is 22.9 Å². The van der Waals surface area contributed by atoms with Gasteiger partial charge < -0.3 is 10.2 Å². The Kier molecular flexibility index (Phi) is 9.93. The van der Waals surface area contributed by atoms with Gasteiger partial charge in [-0.3, -0.25) is 24.2 Å². The number of fused-ring (bicyclic) bond motifs is 2. The third-order valence-electron chi connectivity index (χ3n) is 8.03. The molecule has 0 saturated heterocycles. The van der Waals surface area contributed by atoms with E-state index in [1.165, 1.54) is 0 Å². The molecular weight excluding hydrogens is 594 g/mol. The van der Waals surface area contributed by atoms with Gasteiger partial charge >= 0.3 is 0 Å². The second kappa shape index (κ2) is 13.8. The highest BCUT2D eigenvalue weighted by molar-refractivity contribution is 7.18. The molecule has 44 heavy (non-hydrogen) atoms. The Bertz CT molecular complexity index is 1810. The molecule has 11 heteroatoms. The van der Waals surface area contributed by atoms with E-state index in [0.717, 1.165) is 62.4 Å². The van der Waals surface area contributed by atoms with Crippen LogP contribution in [0.5, 0.6) is 5.75 Å². The van der Waals surface area contributed by atoms with Crippen LogP contribution in [0.25, 0.3) is 21.3 Å². The fourth-order valence-electron chi connectivity index (χ4n) is 5.72. The van der Waals surface area contributed by atoms with Crippen molar-refractivity contribution in [2.75, 3.05) is 27.2 Å². The lowest BCUT2D eigenvalue weighted by Gasteiger charge is -2.32. The number of rotatable bonds is 11. The van der Waals surface area contributed by atoms with Crippen LogP contribution in [0.1, 0.15) is 34.8 Å². The summed E-state index contributed by atoms with van der Waals surface area (Å²) in [6.07, 6.45) is 5.81. The van der Waals surface area contributed by atoms with Crippen molar-refractivity contribution in [3.05, 3.63) is 85.1 Å². The molecule has 3 heterocycles. The zero-order valence-corrected chi connectivity index (χ0v) is 27.4. The molecule has 9 nitrogen and oxygen atoms in total. The fourth-order valence-corrected chi connectivity index (χ4v) is 6.92. The Morgan fingerprint density at radius 1 is 1.27 bits per heavy atom. The van der Waals surface area contributed by atoms with Gasteiger partial charge in [0.25, 0.3) is 5.56 Å². The van der Waals surface area contributed by atoms with Crippen molar-refractivity contribution in [2.45, 2.75) is 52.6 Å². The summed E-state index contributed by atoms with van der Waals surface area (Å²) in [4.78, 5) is 29.7. The molecule has 0 radical (unpaired) electrons. The van der Waals surface area contributed by atoms with Gasteiger partial charge in [-0.25, -0.2) is 4.98 Å². The number of hydrazone groups is 1. The highest BCUT2D eigenvalue weighted by Gasteiger charge is 2.27. The molecule has 0 spiro atoms. The molecule has 0 amide bonds. The van der Waals surface area contributed by atoms with Gasteiger partial charge in [0.05, 0.1) is 28.2 Å². The largest absolute Gasteiger partial charge is 0.491 e. The minimum Gasteiger partial charge on any atom is -0.491 e. The number of nitrogens with one attached hydrogen (secondary N) is 1. The van der Waals surface area contributed by atoms with Crippen LogP contribution in [-0.4, -0.2) is 65.7 Å². The molecule has 1 aliphatic carbocycles. The highest BCUT2D eigenvalue weighted by Crippen LogP contribution is 2.40. The number of halogens is 1. The van der Waals surface area contributed by atoms with Crippen molar-refractivity contribution in [1.82, 2.24) is 24.9 Å². The molecule has 5 rings (SSSR count). The number of pyridine rings is 1. The van der Waals surface area contributed by atoms with E-state index in [2.05, 4.69) is 52.6 Å². The molecule has 1 aliphatic rings. The van der Waals surface area contributed by atoms with Crippen LogP contribution < -0.4 is 15.7 Å². The highest BCUT2D eigenvalue weighted by atomic mass is 35.5. The summed E-state index contributed by atoms with van der Waals surface area (Å²) in [5.41, 5.74) is 10.3. The van der Waals surface area contributed by atoms with Crippen LogP contribution in [0.3, 0.4) is 0 Å². The van der Waals surface area contributed by atoms with Gasteiger partial charge in [-0.05, 0) is 95.1 Å². The van der Waals surface area contributed by atoms with Gasteiger partial charge in [0.15, 0.2) is 0 Å². The summed E-state index contributed by atoms with van der Waals surface area (Å²) in [7, 11) is 3.80. The van der Waals surface area contributed by atoms with Crippen molar-refractivity contribution in [3.8, 4) is 16.9 Å². The van der Waals surface area contributed by atoms with Crippen molar-refractivity contribution in [1.29, 1.82) is 0 Å². The predicted octanol–water partition coefficient (Wildman–Crippen LogP) is 5.76. The first-order valence-electron chi connectivity index (χ1n) is 14.6. The Labute approximate surface area is 267 Å². The van der Waals surface area contributed by atoms with Crippen molar-refractivity contribution in [2.24, 2.45) is 10.1 Å². The number of nitrogens with zero attached hydrogens (tertiary/aromatic N) is 6. The fraction of sp³-hybridized carbons (Fsp3) is 0.364. The van der Waals surface area contributed by atoms with E-state index < -0.39 is 0 Å². The molecule has 1 aromatic carbocycles. The third kappa shape index (κ3) is 6.77. The van der Waals surface area contributed by atoms with Crippen molar-refractivity contribution >= 4 is 46.1 Å². The first kappa shape index (κ1) is 31.6. The average Bonchev–Trinajstić information content (AvgIpc) is 3.38. The van der Waals surface area contributed by atoms with Crippen molar-refractivity contribution in [3.63, 3.8) is 0 Å². The topological polar surface area (TPSA) is 97.0 Å². The molecule has 0 saturated carbocycles. The number of aryl methyl sites for hydroxylation is 4. The van der Waals surface area contributed by atoms with Crippen LogP contribution in [0, 0.1) is 20.8 Å². The van der Waals surface area contributed by atoms with Gasteiger partial charge in [0.1, 0.15) is 18.2 Å². The monoisotopic (exact) mass is 631 g/mol. The summed E-state index contributed by atoms with van der Waals surface area (Å²) in [5, 5.41) is 6.75. The molecule has 3 aromatic heterocycles. The minimum atomic E-state index is 0.00446. The Morgan fingerprint density at radius 3 is 2.86 bits per heavy atom. The zero-order chi connectivity index (χ0) is 31.4. The van der Waals surface area contributed by atoms with Gasteiger partial charge in [-0.2, -0.15) is 5.10 Å². The SMILES string of the molecule is C=N/C(=C\C=N/NC)CN(C)C1CCc2nc(C)n(CCOc3ccc(Cl)cc3-c3cc(C)nc4c(C)csc34)c(=O)c2C1. The third-order valence-corrected chi connectivity index (χ3v) is 9.39. The van der Waals surface area contributed by atoms with E-state index in [9.17, 15) is 4.79 Å². The number of likely N-dealkylation sites (N-methyl/N-ethyl adjacent to an activating group) is 1. The lowest BCUT2D eigenvalue weighted by atomic mass is 9.91. The lowest BCUT2D eigenvalue weighted by Crippen LogP contribution is -2.42. The first-order valence-corrected chi connectivity index (χ1v) is 15.9. The van der Waals surface area contributed by atoms with Gasteiger partial charge in [-0.1, -0.05) is 11.6 Å².